The van der Waals surface area contributed by atoms with Crippen LogP contribution in [0.15, 0.2) is 34.1 Å². The second-order valence-corrected chi connectivity index (χ2v) is 5.93. The molecule has 0 unspecified atom stereocenters. The molecule has 0 radical (unpaired) electrons. The highest BCUT2D eigenvalue weighted by Gasteiger charge is 2.10. The largest absolute Gasteiger partial charge is 0.339 e. The molecule has 5 nitrogen and oxygen atoms in total. The van der Waals surface area contributed by atoms with Crippen molar-refractivity contribution in [3.8, 4) is 0 Å². The third-order valence-electron chi connectivity index (χ3n) is 2.90. The van der Waals surface area contributed by atoms with E-state index in [1.54, 1.807) is 11.3 Å². The number of fused-ring (bicyclic) bond motifs is 1. The molecule has 0 atom stereocenters. The van der Waals surface area contributed by atoms with Crippen molar-refractivity contribution in [1.29, 1.82) is 0 Å². The van der Waals surface area contributed by atoms with Crippen LogP contribution in [-0.4, -0.2) is 9.97 Å². The molecule has 3 rings (SSSR count). The van der Waals surface area contributed by atoms with Gasteiger partial charge >= 0.3 is 0 Å². The van der Waals surface area contributed by atoms with Crippen LogP contribution >= 0.6 is 27.3 Å². The number of aromatic nitrogens is 2. The summed E-state index contributed by atoms with van der Waals surface area (Å²) >= 11 is 5.13. The minimum absolute atomic E-state index is 0.395. The van der Waals surface area contributed by atoms with Gasteiger partial charge in [0.25, 0.3) is 0 Å². The lowest BCUT2D eigenvalue weighted by Crippen LogP contribution is -2.11. The lowest BCUT2D eigenvalue weighted by atomic mass is 10.2. The summed E-state index contributed by atoms with van der Waals surface area (Å²) in [7, 11) is 0. The van der Waals surface area contributed by atoms with E-state index in [4.69, 9.17) is 5.84 Å². The maximum Gasteiger partial charge on any atom is 0.240 e. The second kappa shape index (κ2) is 5.35. The van der Waals surface area contributed by atoms with E-state index in [0.717, 1.165) is 31.8 Å². The molecule has 0 amide bonds. The molecule has 1 aromatic carbocycles. The molecule has 3 aromatic rings. The van der Waals surface area contributed by atoms with Gasteiger partial charge in [0.1, 0.15) is 10.6 Å². The fourth-order valence-corrected chi connectivity index (χ4v) is 3.01. The quantitative estimate of drug-likeness (QED) is 0.495. The Bertz CT molecular complexity index is 771. The maximum absolute atomic E-state index is 5.42. The van der Waals surface area contributed by atoms with Crippen LogP contribution in [0.25, 0.3) is 10.2 Å². The molecule has 0 spiro atoms. The second-order valence-electron chi connectivity index (χ2n) is 4.24. The van der Waals surface area contributed by atoms with Gasteiger partial charge in [0.15, 0.2) is 0 Å². The van der Waals surface area contributed by atoms with Crippen molar-refractivity contribution in [2.24, 2.45) is 5.84 Å². The topological polar surface area (TPSA) is 75.9 Å². The Labute approximate surface area is 128 Å². The van der Waals surface area contributed by atoms with Gasteiger partial charge in [-0.05, 0) is 45.9 Å². The monoisotopic (exact) mass is 349 g/mol. The van der Waals surface area contributed by atoms with Gasteiger partial charge in [-0.15, -0.1) is 11.3 Å². The predicted molar refractivity (Wildman–Crippen MR) is 87.4 cm³/mol. The van der Waals surface area contributed by atoms with Gasteiger partial charge in [-0.3, -0.25) is 5.43 Å². The summed E-state index contributed by atoms with van der Waals surface area (Å²) in [6, 6.07) is 8.03. The number of nitrogen functional groups attached to an aromatic ring is 1. The molecular formula is C13H12BrN5S. The standard InChI is InChI=1S/C13H12BrN5S/c1-7-3-2-4-9(10(7)14)16-11-8-5-6-20-12(8)18-13(17-11)19-15/h2-6H,15H2,1H3,(H2,16,17,18,19). The van der Waals surface area contributed by atoms with Crippen LogP contribution in [0.4, 0.5) is 17.5 Å². The van der Waals surface area contributed by atoms with Gasteiger partial charge in [0, 0.05) is 4.47 Å². The summed E-state index contributed by atoms with van der Waals surface area (Å²) in [6.45, 7) is 2.04. The molecule has 0 aliphatic heterocycles. The Morgan fingerprint density at radius 1 is 1.25 bits per heavy atom. The van der Waals surface area contributed by atoms with Crippen molar-refractivity contribution in [2.75, 3.05) is 10.7 Å². The third-order valence-corrected chi connectivity index (χ3v) is 4.76. The van der Waals surface area contributed by atoms with E-state index in [9.17, 15) is 0 Å². The number of nitrogens with two attached hydrogens (primary N) is 1. The van der Waals surface area contributed by atoms with Gasteiger partial charge in [-0.1, -0.05) is 12.1 Å². The predicted octanol–water partition coefficient (Wildman–Crippen LogP) is 3.79. The summed E-state index contributed by atoms with van der Waals surface area (Å²) in [5.74, 6) is 6.55. The van der Waals surface area contributed by atoms with Gasteiger partial charge in [-0.25, -0.2) is 10.8 Å². The molecule has 2 heterocycles. The zero-order valence-electron chi connectivity index (χ0n) is 10.6. The van der Waals surface area contributed by atoms with Crippen molar-refractivity contribution in [1.82, 2.24) is 9.97 Å². The molecule has 0 aliphatic rings. The Morgan fingerprint density at radius 3 is 2.90 bits per heavy atom. The van der Waals surface area contributed by atoms with Crippen LogP contribution in [0.2, 0.25) is 0 Å². The number of halogens is 1. The average Bonchev–Trinajstić information content (AvgIpc) is 2.92. The lowest BCUT2D eigenvalue weighted by Gasteiger charge is -2.11. The highest BCUT2D eigenvalue weighted by Crippen LogP contribution is 2.32. The van der Waals surface area contributed by atoms with Crippen molar-refractivity contribution in [2.45, 2.75) is 6.92 Å². The number of hydrogen-bond donors (Lipinski definition) is 3. The molecule has 0 saturated carbocycles. The molecule has 4 N–H and O–H groups in total. The number of nitrogens with zero attached hydrogens (tertiary/aromatic N) is 2. The van der Waals surface area contributed by atoms with Crippen LogP contribution in [-0.2, 0) is 0 Å². The zero-order chi connectivity index (χ0) is 14.1. The summed E-state index contributed by atoms with van der Waals surface area (Å²) in [6.07, 6.45) is 0. The van der Waals surface area contributed by atoms with E-state index >= 15 is 0 Å². The van der Waals surface area contributed by atoms with Gasteiger partial charge in [0.05, 0.1) is 11.1 Å². The molecular weight excluding hydrogens is 338 g/mol. The minimum Gasteiger partial charge on any atom is -0.339 e. The zero-order valence-corrected chi connectivity index (χ0v) is 13.0. The van der Waals surface area contributed by atoms with Crippen molar-refractivity contribution in [3.63, 3.8) is 0 Å². The van der Waals surface area contributed by atoms with Crippen molar-refractivity contribution in [3.05, 3.63) is 39.7 Å². The first-order valence-electron chi connectivity index (χ1n) is 5.93. The molecule has 0 bridgehead atoms. The normalized spacial score (nSPS) is 10.8. The van der Waals surface area contributed by atoms with Crippen LogP contribution < -0.4 is 16.6 Å². The highest BCUT2D eigenvalue weighted by molar-refractivity contribution is 9.10. The van der Waals surface area contributed by atoms with Crippen LogP contribution in [0.5, 0.6) is 0 Å². The Kier molecular flexibility index (Phi) is 3.56. The molecule has 7 heteroatoms. The first-order valence-corrected chi connectivity index (χ1v) is 7.60. The Morgan fingerprint density at radius 2 is 2.10 bits per heavy atom. The molecule has 0 fully saturated rings. The van der Waals surface area contributed by atoms with Crippen molar-refractivity contribution >= 4 is 54.9 Å². The first-order chi connectivity index (χ1) is 9.69. The van der Waals surface area contributed by atoms with Crippen molar-refractivity contribution < 1.29 is 0 Å². The van der Waals surface area contributed by atoms with E-state index in [1.807, 2.05) is 36.6 Å². The third kappa shape index (κ3) is 2.35. The van der Waals surface area contributed by atoms with E-state index < -0.39 is 0 Å². The van der Waals surface area contributed by atoms with Crippen LogP contribution in [0, 0.1) is 6.92 Å². The fraction of sp³-hybridized carbons (Fsp3) is 0.0769. The van der Waals surface area contributed by atoms with Crippen LogP contribution in [0.1, 0.15) is 5.56 Å². The molecule has 20 heavy (non-hydrogen) atoms. The molecule has 0 saturated heterocycles. The number of nitrogens with one attached hydrogen (secondary N) is 2. The lowest BCUT2D eigenvalue weighted by molar-refractivity contribution is 1.16. The molecule has 102 valence electrons. The molecule has 2 aromatic heterocycles. The molecule has 0 aliphatic carbocycles. The summed E-state index contributed by atoms with van der Waals surface area (Å²) < 4.78 is 1.02. The number of benzene rings is 1. The van der Waals surface area contributed by atoms with E-state index in [-0.39, 0.29) is 0 Å². The summed E-state index contributed by atoms with van der Waals surface area (Å²) in [5.41, 5.74) is 4.61. The number of hydrazine groups is 1. The van der Waals surface area contributed by atoms with Gasteiger partial charge < -0.3 is 5.32 Å². The average molecular weight is 350 g/mol. The Balaban J connectivity index is 2.10. The Hall–Kier alpha value is -1.70. The SMILES string of the molecule is Cc1cccc(Nc2nc(NN)nc3sccc23)c1Br. The van der Waals surface area contributed by atoms with Crippen LogP contribution in [0.3, 0.4) is 0 Å². The van der Waals surface area contributed by atoms with Gasteiger partial charge in [-0.2, -0.15) is 4.98 Å². The first kappa shape index (κ1) is 13.3. The minimum atomic E-state index is 0.395. The highest BCUT2D eigenvalue weighted by atomic mass is 79.9. The smallest absolute Gasteiger partial charge is 0.240 e. The summed E-state index contributed by atoms with van der Waals surface area (Å²) in [5, 5.41) is 6.29. The number of aryl methyl sites for hydroxylation is 1. The van der Waals surface area contributed by atoms with E-state index in [0.29, 0.717) is 5.95 Å². The van der Waals surface area contributed by atoms with E-state index in [1.165, 1.54) is 0 Å². The fourth-order valence-electron chi connectivity index (χ4n) is 1.89. The maximum atomic E-state index is 5.42. The van der Waals surface area contributed by atoms with E-state index in [2.05, 4.69) is 36.6 Å². The number of anilines is 3. The number of thiophene rings is 1. The number of hydrogen-bond acceptors (Lipinski definition) is 6. The van der Waals surface area contributed by atoms with Gasteiger partial charge in [0.2, 0.25) is 5.95 Å². The number of rotatable bonds is 3. The summed E-state index contributed by atoms with van der Waals surface area (Å²) in [4.78, 5) is 9.59.